The molecule has 0 fully saturated rings. The van der Waals surface area contributed by atoms with Gasteiger partial charge in [-0.3, -0.25) is 9.59 Å². The molecule has 0 heterocycles. The van der Waals surface area contributed by atoms with Gasteiger partial charge in [-0.05, 0) is 48.2 Å². The first-order valence-corrected chi connectivity index (χ1v) is 8.26. The van der Waals surface area contributed by atoms with Crippen LogP contribution in [0.2, 0.25) is 0 Å². The number of carbonyl (C=O) groups is 2. The van der Waals surface area contributed by atoms with E-state index >= 15 is 0 Å². The van der Waals surface area contributed by atoms with Crippen LogP contribution in [0.15, 0.2) is 53.4 Å². The maximum Gasteiger partial charge on any atom is 0.285 e. The number of carbonyl (C=O) groups excluding carboxylic acids is 2. The molecule has 0 atom stereocenters. The molecule has 0 bridgehead atoms. The Morgan fingerprint density at radius 1 is 0.958 bits per heavy atom. The Kier molecular flexibility index (Phi) is 5.87. The highest BCUT2D eigenvalue weighted by Crippen LogP contribution is 2.24. The van der Waals surface area contributed by atoms with Crippen LogP contribution in [0.25, 0.3) is 0 Å². The number of amides is 2. The van der Waals surface area contributed by atoms with Crippen molar-refractivity contribution in [3.05, 3.63) is 54.1 Å². The third-order valence-electron chi connectivity index (χ3n) is 3.29. The SMILES string of the molecule is CN(C)C(=O)Sc1cccc(NC(=O)c2cccc(N(C)C)c2)c1. The van der Waals surface area contributed by atoms with Crippen molar-refractivity contribution in [3.63, 3.8) is 0 Å². The van der Waals surface area contributed by atoms with E-state index in [1.807, 2.05) is 49.3 Å². The van der Waals surface area contributed by atoms with E-state index in [0.717, 1.165) is 22.3 Å². The largest absolute Gasteiger partial charge is 0.378 e. The lowest BCUT2D eigenvalue weighted by molar-refractivity contribution is 0.102. The Morgan fingerprint density at radius 2 is 1.67 bits per heavy atom. The number of benzene rings is 2. The molecule has 1 N–H and O–H groups in total. The van der Waals surface area contributed by atoms with Gasteiger partial charge in [-0.15, -0.1) is 0 Å². The Labute approximate surface area is 146 Å². The van der Waals surface area contributed by atoms with Crippen molar-refractivity contribution >= 4 is 34.3 Å². The Morgan fingerprint density at radius 3 is 2.33 bits per heavy atom. The molecule has 0 unspecified atom stereocenters. The summed E-state index contributed by atoms with van der Waals surface area (Å²) in [6, 6.07) is 14.7. The lowest BCUT2D eigenvalue weighted by Crippen LogP contribution is -2.16. The molecule has 24 heavy (non-hydrogen) atoms. The standard InChI is InChI=1S/C18H21N3O2S/c1-20(2)15-9-5-7-13(11-15)17(22)19-14-8-6-10-16(12-14)24-18(23)21(3)4/h5-12H,1-4H3,(H,19,22). The van der Waals surface area contributed by atoms with Gasteiger partial charge < -0.3 is 15.1 Å². The molecule has 0 aromatic heterocycles. The van der Waals surface area contributed by atoms with Crippen LogP contribution >= 0.6 is 11.8 Å². The van der Waals surface area contributed by atoms with Crippen molar-refractivity contribution in [2.24, 2.45) is 0 Å². The van der Waals surface area contributed by atoms with Crippen molar-refractivity contribution in [2.75, 3.05) is 38.4 Å². The number of anilines is 2. The maximum atomic E-state index is 12.4. The van der Waals surface area contributed by atoms with Crippen molar-refractivity contribution in [3.8, 4) is 0 Å². The molecule has 2 aromatic rings. The van der Waals surface area contributed by atoms with Crippen LogP contribution < -0.4 is 10.2 Å². The lowest BCUT2D eigenvalue weighted by atomic mass is 10.1. The van der Waals surface area contributed by atoms with E-state index in [4.69, 9.17) is 0 Å². The van der Waals surface area contributed by atoms with E-state index in [1.165, 1.54) is 4.90 Å². The smallest absolute Gasteiger partial charge is 0.285 e. The van der Waals surface area contributed by atoms with Crippen molar-refractivity contribution in [1.29, 1.82) is 0 Å². The van der Waals surface area contributed by atoms with Crippen molar-refractivity contribution in [2.45, 2.75) is 4.90 Å². The normalized spacial score (nSPS) is 10.2. The Balaban J connectivity index is 2.12. The molecular formula is C18H21N3O2S. The second kappa shape index (κ2) is 7.88. The summed E-state index contributed by atoms with van der Waals surface area (Å²) in [6.45, 7) is 0. The second-order valence-electron chi connectivity index (χ2n) is 5.69. The molecule has 0 saturated heterocycles. The highest BCUT2D eigenvalue weighted by atomic mass is 32.2. The first-order chi connectivity index (χ1) is 11.4. The van der Waals surface area contributed by atoms with Gasteiger partial charge >= 0.3 is 0 Å². The average Bonchev–Trinajstić information content (AvgIpc) is 2.55. The molecule has 2 rings (SSSR count). The van der Waals surface area contributed by atoms with Crippen LogP contribution in [-0.2, 0) is 0 Å². The predicted molar refractivity (Wildman–Crippen MR) is 100 cm³/mol. The van der Waals surface area contributed by atoms with Crippen molar-refractivity contribution < 1.29 is 9.59 Å². The summed E-state index contributed by atoms with van der Waals surface area (Å²) in [4.78, 5) is 28.4. The van der Waals surface area contributed by atoms with Gasteiger partial charge in [0.05, 0.1) is 0 Å². The molecule has 2 amide bonds. The predicted octanol–water partition coefficient (Wildman–Crippen LogP) is 3.78. The molecule has 6 heteroatoms. The first kappa shape index (κ1) is 17.9. The first-order valence-electron chi connectivity index (χ1n) is 7.45. The van der Waals surface area contributed by atoms with Gasteiger partial charge in [0.2, 0.25) is 0 Å². The van der Waals surface area contributed by atoms with Gasteiger partial charge in [0.1, 0.15) is 0 Å². The summed E-state index contributed by atoms with van der Waals surface area (Å²) in [5.74, 6) is -0.181. The molecule has 0 radical (unpaired) electrons. The van der Waals surface area contributed by atoms with Crippen LogP contribution in [0.4, 0.5) is 16.2 Å². The second-order valence-corrected chi connectivity index (χ2v) is 6.71. The van der Waals surface area contributed by atoms with Gasteiger partial charge in [0.15, 0.2) is 0 Å². The fraction of sp³-hybridized carbons (Fsp3) is 0.222. The van der Waals surface area contributed by atoms with Crippen LogP contribution in [0.1, 0.15) is 10.4 Å². The van der Waals surface area contributed by atoms with E-state index in [2.05, 4.69) is 5.32 Å². The summed E-state index contributed by atoms with van der Waals surface area (Å²) in [5.41, 5.74) is 2.21. The molecule has 0 aliphatic rings. The van der Waals surface area contributed by atoms with Crippen LogP contribution in [0.5, 0.6) is 0 Å². The quantitative estimate of drug-likeness (QED) is 0.859. The van der Waals surface area contributed by atoms with Gasteiger partial charge in [-0.1, -0.05) is 12.1 Å². The molecule has 0 aliphatic heterocycles. The highest BCUT2D eigenvalue weighted by Gasteiger charge is 2.10. The topological polar surface area (TPSA) is 52.7 Å². The highest BCUT2D eigenvalue weighted by molar-refractivity contribution is 8.13. The fourth-order valence-corrected chi connectivity index (χ4v) is 2.67. The average molecular weight is 343 g/mol. The zero-order valence-electron chi connectivity index (χ0n) is 14.2. The van der Waals surface area contributed by atoms with Gasteiger partial charge in [0, 0.05) is 50.0 Å². The van der Waals surface area contributed by atoms with E-state index in [0.29, 0.717) is 11.3 Å². The number of hydrogen-bond donors (Lipinski definition) is 1. The van der Waals surface area contributed by atoms with Crippen LogP contribution in [-0.4, -0.2) is 44.2 Å². The third kappa shape index (κ3) is 4.76. The minimum atomic E-state index is -0.181. The number of hydrogen-bond acceptors (Lipinski definition) is 4. The minimum absolute atomic E-state index is 0.0582. The lowest BCUT2D eigenvalue weighted by Gasteiger charge is -2.14. The van der Waals surface area contributed by atoms with Gasteiger partial charge in [-0.25, -0.2) is 0 Å². The molecule has 126 valence electrons. The van der Waals surface area contributed by atoms with Gasteiger partial charge in [0.25, 0.3) is 11.1 Å². The van der Waals surface area contributed by atoms with Crippen molar-refractivity contribution in [1.82, 2.24) is 4.90 Å². The summed E-state index contributed by atoms with van der Waals surface area (Å²) in [7, 11) is 7.27. The van der Waals surface area contributed by atoms with Gasteiger partial charge in [-0.2, -0.15) is 0 Å². The van der Waals surface area contributed by atoms with Crippen LogP contribution in [0, 0.1) is 0 Å². The number of nitrogens with zero attached hydrogens (tertiary/aromatic N) is 2. The maximum absolute atomic E-state index is 12.4. The zero-order chi connectivity index (χ0) is 17.7. The molecule has 0 spiro atoms. The Bertz CT molecular complexity index is 745. The minimum Gasteiger partial charge on any atom is -0.378 e. The number of rotatable bonds is 4. The summed E-state index contributed by atoms with van der Waals surface area (Å²) < 4.78 is 0. The Hall–Kier alpha value is -2.47. The number of thioether (sulfide) groups is 1. The molecule has 0 saturated carbocycles. The third-order valence-corrected chi connectivity index (χ3v) is 4.32. The molecule has 5 nitrogen and oxygen atoms in total. The number of nitrogens with one attached hydrogen (secondary N) is 1. The fourth-order valence-electron chi connectivity index (χ4n) is 1.96. The van der Waals surface area contributed by atoms with E-state index < -0.39 is 0 Å². The summed E-state index contributed by atoms with van der Waals surface area (Å²) in [6.07, 6.45) is 0. The van der Waals surface area contributed by atoms with Crippen LogP contribution in [0.3, 0.4) is 0 Å². The van der Waals surface area contributed by atoms with E-state index in [1.54, 1.807) is 32.3 Å². The molecule has 2 aromatic carbocycles. The summed E-state index contributed by atoms with van der Waals surface area (Å²) >= 11 is 1.12. The zero-order valence-corrected chi connectivity index (χ0v) is 15.1. The van der Waals surface area contributed by atoms with E-state index in [9.17, 15) is 9.59 Å². The summed E-state index contributed by atoms with van der Waals surface area (Å²) in [5, 5.41) is 2.81. The molecule has 0 aliphatic carbocycles. The van der Waals surface area contributed by atoms with E-state index in [-0.39, 0.29) is 11.1 Å². The molecular weight excluding hydrogens is 322 g/mol. The monoisotopic (exact) mass is 343 g/mol.